The Bertz CT molecular complexity index is 663. The maximum atomic E-state index is 11.4. The van der Waals surface area contributed by atoms with Crippen molar-refractivity contribution >= 4 is 27.5 Å². The lowest BCUT2D eigenvalue weighted by atomic mass is 10.2. The molecule has 2 heterocycles. The van der Waals surface area contributed by atoms with E-state index in [1.54, 1.807) is 0 Å². The minimum Gasteiger partial charge on any atom is -0.477 e. The van der Waals surface area contributed by atoms with Crippen LogP contribution in [0, 0.1) is 6.92 Å². The molecule has 0 aliphatic carbocycles. The van der Waals surface area contributed by atoms with Gasteiger partial charge in [0.15, 0.2) is 0 Å². The Balaban J connectivity index is 3.01. The summed E-state index contributed by atoms with van der Waals surface area (Å²) in [6.07, 6.45) is 0. The minimum absolute atomic E-state index is 0.0670. The summed E-state index contributed by atoms with van der Waals surface area (Å²) in [5.74, 6) is -1.10. The number of aromatic nitrogens is 2. The molecule has 0 radical (unpaired) electrons. The maximum Gasteiger partial charge on any atom is 0.346 e. The number of thiophene rings is 1. The molecule has 0 bridgehead atoms. The first-order chi connectivity index (χ1) is 7.00. The van der Waals surface area contributed by atoms with Gasteiger partial charge >= 0.3 is 11.7 Å². The highest BCUT2D eigenvalue weighted by Gasteiger charge is 2.17. The van der Waals surface area contributed by atoms with E-state index >= 15 is 0 Å². The van der Waals surface area contributed by atoms with E-state index in [-0.39, 0.29) is 10.3 Å². The van der Waals surface area contributed by atoms with Crippen LogP contribution in [-0.4, -0.2) is 21.0 Å². The summed E-state index contributed by atoms with van der Waals surface area (Å²) in [7, 11) is 0. The fourth-order valence-corrected chi connectivity index (χ4v) is 2.42. The van der Waals surface area contributed by atoms with Crippen LogP contribution in [0.3, 0.4) is 0 Å². The Morgan fingerprint density at radius 3 is 2.60 bits per heavy atom. The van der Waals surface area contributed by atoms with Crippen molar-refractivity contribution in [3.05, 3.63) is 31.3 Å². The second kappa shape index (κ2) is 3.06. The Morgan fingerprint density at radius 2 is 2.00 bits per heavy atom. The highest BCUT2D eigenvalue weighted by Crippen LogP contribution is 2.25. The molecule has 15 heavy (non-hydrogen) atoms. The average Bonchev–Trinajstić information content (AvgIpc) is 2.42. The van der Waals surface area contributed by atoms with Gasteiger partial charge in [-0.25, -0.2) is 9.59 Å². The number of fused-ring (bicyclic) bond motifs is 1. The molecule has 0 amide bonds. The second-order valence-electron chi connectivity index (χ2n) is 2.97. The molecule has 78 valence electrons. The summed E-state index contributed by atoms with van der Waals surface area (Å²) >= 11 is 0.885. The van der Waals surface area contributed by atoms with Gasteiger partial charge in [0.2, 0.25) is 0 Å². The quantitative estimate of drug-likeness (QED) is 0.649. The molecule has 0 aliphatic rings. The molecule has 0 saturated carbocycles. The molecule has 0 aliphatic heterocycles. The number of carboxylic acid groups (broad SMARTS) is 1. The summed E-state index contributed by atoms with van der Waals surface area (Å²) in [5.41, 5.74) is -0.819. The molecule has 0 fully saturated rings. The van der Waals surface area contributed by atoms with Gasteiger partial charge in [-0.1, -0.05) is 0 Å². The lowest BCUT2D eigenvalue weighted by Crippen LogP contribution is -2.21. The third-order valence-electron chi connectivity index (χ3n) is 2.02. The Hall–Kier alpha value is -1.89. The summed E-state index contributed by atoms with van der Waals surface area (Å²) in [6.45, 7) is 1.54. The lowest BCUT2D eigenvalue weighted by molar-refractivity contribution is 0.0701. The van der Waals surface area contributed by atoms with Crippen molar-refractivity contribution in [2.45, 2.75) is 6.92 Å². The molecule has 7 heteroatoms. The molecule has 6 nitrogen and oxygen atoms in total. The van der Waals surface area contributed by atoms with Crippen LogP contribution >= 0.6 is 11.3 Å². The number of nitrogens with one attached hydrogen (secondary N) is 2. The van der Waals surface area contributed by atoms with Crippen LogP contribution in [0.25, 0.3) is 10.2 Å². The molecule has 0 aromatic carbocycles. The van der Waals surface area contributed by atoms with Gasteiger partial charge in [-0.05, 0) is 12.5 Å². The molecule has 0 spiro atoms. The SMILES string of the molecule is Cc1c(C(=O)O)sc2[nH]c(=O)[nH]c(=O)c12. The van der Waals surface area contributed by atoms with Gasteiger partial charge in [-0.2, -0.15) is 0 Å². The van der Waals surface area contributed by atoms with Crippen molar-refractivity contribution < 1.29 is 9.90 Å². The molecule has 2 rings (SSSR count). The van der Waals surface area contributed by atoms with Crippen LogP contribution < -0.4 is 11.2 Å². The maximum absolute atomic E-state index is 11.4. The lowest BCUT2D eigenvalue weighted by Gasteiger charge is -1.89. The summed E-state index contributed by atoms with van der Waals surface area (Å²) in [4.78, 5) is 37.9. The molecule has 2 aromatic heterocycles. The van der Waals surface area contributed by atoms with E-state index in [4.69, 9.17) is 5.11 Å². The van der Waals surface area contributed by atoms with E-state index < -0.39 is 17.2 Å². The van der Waals surface area contributed by atoms with Gasteiger partial charge in [0, 0.05) is 0 Å². The number of aromatic carboxylic acids is 1. The van der Waals surface area contributed by atoms with Crippen molar-refractivity contribution in [3.63, 3.8) is 0 Å². The smallest absolute Gasteiger partial charge is 0.346 e. The largest absolute Gasteiger partial charge is 0.477 e. The third kappa shape index (κ3) is 1.37. The average molecular weight is 226 g/mol. The van der Waals surface area contributed by atoms with Crippen molar-refractivity contribution in [2.24, 2.45) is 0 Å². The van der Waals surface area contributed by atoms with Crippen LogP contribution in [0.5, 0.6) is 0 Å². The fraction of sp³-hybridized carbons (Fsp3) is 0.125. The number of carbonyl (C=O) groups is 1. The van der Waals surface area contributed by atoms with E-state index in [1.807, 2.05) is 0 Å². The molecule has 0 atom stereocenters. The van der Waals surface area contributed by atoms with Gasteiger partial charge in [0.1, 0.15) is 9.71 Å². The van der Waals surface area contributed by atoms with E-state index in [0.717, 1.165) is 11.3 Å². The highest BCUT2D eigenvalue weighted by atomic mass is 32.1. The standard InChI is InChI=1S/C8H6N2O4S/c1-2-3-5(11)9-8(14)10-6(3)15-4(2)7(12)13/h1H3,(H,12,13)(H2,9,10,11,14). The van der Waals surface area contributed by atoms with Gasteiger partial charge < -0.3 is 5.11 Å². The van der Waals surface area contributed by atoms with Crippen LogP contribution in [0.1, 0.15) is 15.2 Å². The Labute approximate surface area is 86.2 Å². The molecule has 0 unspecified atom stereocenters. The first kappa shape index (κ1) is 9.66. The fourth-order valence-electron chi connectivity index (χ4n) is 1.38. The zero-order chi connectivity index (χ0) is 11.2. The highest BCUT2D eigenvalue weighted by molar-refractivity contribution is 7.20. The molecular formula is C8H6N2O4S. The van der Waals surface area contributed by atoms with Crippen molar-refractivity contribution in [2.75, 3.05) is 0 Å². The third-order valence-corrected chi connectivity index (χ3v) is 3.22. The normalized spacial score (nSPS) is 10.7. The molecular weight excluding hydrogens is 220 g/mol. The number of aromatic amines is 2. The molecule has 2 aromatic rings. The summed E-state index contributed by atoms with van der Waals surface area (Å²) in [6, 6.07) is 0. The van der Waals surface area contributed by atoms with E-state index in [0.29, 0.717) is 10.4 Å². The predicted molar refractivity (Wildman–Crippen MR) is 54.8 cm³/mol. The van der Waals surface area contributed by atoms with Crippen LogP contribution in [0.2, 0.25) is 0 Å². The second-order valence-corrected chi connectivity index (χ2v) is 3.99. The zero-order valence-electron chi connectivity index (χ0n) is 7.58. The molecule has 3 N–H and O–H groups in total. The molecule has 0 saturated heterocycles. The number of rotatable bonds is 1. The van der Waals surface area contributed by atoms with Crippen molar-refractivity contribution in [1.29, 1.82) is 0 Å². The zero-order valence-corrected chi connectivity index (χ0v) is 8.40. The van der Waals surface area contributed by atoms with Crippen molar-refractivity contribution in [1.82, 2.24) is 9.97 Å². The first-order valence-electron chi connectivity index (χ1n) is 3.99. The first-order valence-corrected chi connectivity index (χ1v) is 4.81. The minimum atomic E-state index is -1.10. The summed E-state index contributed by atoms with van der Waals surface area (Å²) in [5, 5.41) is 9.07. The topological polar surface area (TPSA) is 103 Å². The number of hydrogen-bond acceptors (Lipinski definition) is 4. The van der Waals surface area contributed by atoms with Crippen LogP contribution in [0.4, 0.5) is 0 Å². The van der Waals surface area contributed by atoms with Gasteiger partial charge in [0.05, 0.1) is 5.39 Å². The number of carboxylic acids is 1. The van der Waals surface area contributed by atoms with Crippen LogP contribution in [0.15, 0.2) is 9.59 Å². The Kier molecular flexibility index (Phi) is 1.97. The van der Waals surface area contributed by atoms with Crippen LogP contribution in [-0.2, 0) is 0 Å². The van der Waals surface area contributed by atoms with E-state index in [1.165, 1.54) is 6.92 Å². The van der Waals surface area contributed by atoms with Gasteiger partial charge in [-0.3, -0.25) is 14.8 Å². The number of aryl methyl sites for hydroxylation is 1. The number of hydrogen-bond donors (Lipinski definition) is 3. The van der Waals surface area contributed by atoms with Crippen molar-refractivity contribution in [3.8, 4) is 0 Å². The Morgan fingerprint density at radius 1 is 1.33 bits per heavy atom. The van der Waals surface area contributed by atoms with E-state index in [9.17, 15) is 14.4 Å². The summed E-state index contributed by atoms with van der Waals surface area (Å²) < 4.78 is 0. The monoisotopic (exact) mass is 226 g/mol. The predicted octanol–water partition coefficient (Wildman–Crippen LogP) is 0.285. The number of H-pyrrole nitrogens is 2. The van der Waals surface area contributed by atoms with Gasteiger partial charge in [-0.15, -0.1) is 11.3 Å². The van der Waals surface area contributed by atoms with Gasteiger partial charge in [0.25, 0.3) is 5.56 Å². The van der Waals surface area contributed by atoms with E-state index in [2.05, 4.69) is 9.97 Å².